The summed E-state index contributed by atoms with van der Waals surface area (Å²) in [6, 6.07) is 2.81. The molecule has 0 radical (unpaired) electrons. The summed E-state index contributed by atoms with van der Waals surface area (Å²) in [6.45, 7) is 0.372. The van der Waals surface area contributed by atoms with Crippen molar-refractivity contribution >= 4 is 33.2 Å². The van der Waals surface area contributed by atoms with Crippen LogP contribution in [-0.2, 0) is 10.0 Å². The number of rotatable bonds is 6. The molecule has 1 aromatic rings. The minimum Gasteiger partial charge on any atom is -0.496 e. The molecule has 0 heterocycles. The minimum atomic E-state index is -3.27. The summed E-state index contributed by atoms with van der Waals surface area (Å²) in [5, 5.41) is 3.10. The molecule has 4 N–H and O–H groups in total. The number of amides is 1. The van der Waals surface area contributed by atoms with E-state index in [4.69, 9.17) is 22.1 Å². The highest BCUT2D eigenvalue weighted by molar-refractivity contribution is 7.88. The van der Waals surface area contributed by atoms with Crippen molar-refractivity contribution < 1.29 is 17.9 Å². The first-order chi connectivity index (χ1) is 11.2. The Bertz CT molecular complexity index is 724. The predicted octanol–water partition coefficient (Wildman–Crippen LogP) is 1.38. The van der Waals surface area contributed by atoms with Crippen molar-refractivity contribution in [2.45, 2.75) is 25.3 Å². The van der Waals surface area contributed by atoms with Gasteiger partial charge in [-0.3, -0.25) is 4.79 Å². The number of carbonyl (C=O) groups excluding carboxylic acids is 1. The van der Waals surface area contributed by atoms with Crippen LogP contribution in [0.3, 0.4) is 0 Å². The quantitative estimate of drug-likeness (QED) is 0.650. The minimum absolute atomic E-state index is 0.0546. The molecule has 24 heavy (non-hydrogen) atoms. The van der Waals surface area contributed by atoms with Gasteiger partial charge in [-0.25, -0.2) is 13.1 Å². The summed E-state index contributed by atoms with van der Waals surface area (Å²) < 4.78 is 30.6. The van der Waals surface area contributed by atoms with Gasteiger partial charge in [-0.1, -0.05) is 18.0 Å². The zero-order valence-corrected chi connectivity index (χ0v) is 15.2. The van der Waals surface area contributed by atoms with Crippen LogP contribution in [0.2, 0.25) is 5.02 Å². The van der Waals surface area contributed by atoms with Crippen molar-refractivity contribution in [3.63, 3.8) is 0 Å². The Labute approximate surface area is 146 Å². The molecule has 0 aliphatic heterocycles. The van der Waals surface area contributed by atoms with Crippen molar-refractivity contribution in [1.82, 2.24) is 10.0 Å². The Morgan fingerprint density at radius 1 is 1.42 bits per heavy atom. The third kappa shape index (κ3) is 4.75. The van der Waals surface area contributed by atoms with Crippen LogP contribution in [-0.4, -0.2) is 40.3 Å². The van der Waals surface area contributed by atoms with E-state index >= 15 is 0 Å². The van der Waals surface area contributed by atoms with Gasteiger partial charge in [0.2, 0.25) is 10.0 Å². The van der Waals surface area contributed by atoms with Crippen LogP contribution in [0.25, 0.3) is 0 Å². The van der Waals surface area contributed by atoms with Crippen LogP contribution in [0.4, 0.5) is 5.69 Å². The molecule has 1 saturated carbocycles. The van der Waals surface area contributed by atoms with Crippen LogP contribution in [0, 0.1) is 5.92 Å². The van der Waals surface area contributed by atoms with Gasteiger partial charge in [0.25, 0.3) is 5.91 Å². The zero-order valence-electron chi connectivity index (χ0n) is 13.6. The summed E-state index contributed by atoms with van der Waals surface area (Å²) in [5.74, 6) is 0.0595. The maximum Gasteiger partial charge on any atom is 0.255 e. The van der Waals surface area contributed by atoms with Crippen LogP contribution < -0.4 is 20.5 Å². The van der Waals surface area contributed by atoms with Gasteiger partial charge in [-0.2, -0.15) is 0 Å². The lowest BCUT2D eigenvalue weighted by molar-refractivity contribution is 0.0943. The summed E-state index contributed by atoms with van der Waals surface area (Å²) in [6.07, 6.45) is 3.69. The lowest BCUT2D eigenvalue weighted by atomic mass is 10.0. The molecule has 2 rings (SSSR count). The maximum absolute atomic E-state index is 12.4. The first-order valence-electron chi connectivity index (χ1n) is 7.59. The van der Waals surface area contributed by atoms with E-state index in [1.807, 2.05) is 0 Å². The number of sulfonamides is 1. The van der Waals surface area contributed by atoms with Crippen LogP contribution in [0.15, 0.2) is 12.1 Å². The molecule has 0 bridgehead atoms. The fourth-order valence-corrected chi connectivity index (χ4v) is 3.97. The summed E-state index contributed by atoms with van der Waals surface area (Å²) >= 11 is 5.97. The fraction of sp³-hybridized carbons (Fsp3) is 0.533. The topological polar surface area (TPSA) is 111 Å². The van der Waals surface area contributed by atoms with Crippen molar-refractivity contribution in [2.75, 3.05) is 25.6 Å². The number of methoxy groups -OCH3 is 1. The van der Waals surface area contributed by atoms with Crippen LogP contribution in [0.1, 0.15) is 29.6 Å². The average molecular weight is 376 g/mol. The second-order valence-corrected chi connectivity index (χ2v) is 8.16. The first kappa shape index (κ1) is 18.8. The monoisotopic (exact) mass is 375 g/mol. The smallest absolute Gasteiger partial charge is 0.255 e. The van der Waals surface area contributed by atoms with E-state index in [1.165, 1.54) is 19.2 Å². The van der Waals surface area contributed by atoms with E-state index in [-0.39, 0.29) is 22.9 Å². The Morgan fingerprint density at radius 2 is 2.12 bits per heavy atom. The van der Waals surface area contributed by atoms with Gasteiger partial charge in [0.1, 0.15) is 5.75 Å². The summed E-state index contributed by atoms with van der Waals surface area (Å²) in [7, 11) is -1.82. The number of nitrogen functional groups attached to an aromatic ring is 1. The molecule has 1 fully saturated rings. The average Bonchev–Trinajstić information content (AvgIpc) is 2.92. The Kier molecular flexibility index (Phi) is 5.95. The highest BCUT2D eigenvalue weighted by Crippen LogP contribution is 2.29. The number of halogens is 1. The van der Waals surface area contributed by atoms with E-state index in [1.54, 1.807) is 0 Å². The van der Waals surface area contributed by atoms with Gasteiger partial charge in [0, 0.05) is 18.7 Å². The van der Waals surface area contributed by atoms with Gasteiger partial charge < -0.3 is 15.8 Å². The van der Waals surface area contributed by atoms with Gasteiger partial charge >= 0.3 is 0 Å². The molecule has 1 aromatic carbocycles. The highest BCUT2D eigenvalue weighted by Gasteiger charge is 2.30. The Hall–Kier alpha value is -1.51. The third-order valence-electron chi connectivity index (χ3n) is 4.11. The molecule has 0 aromatic heterocycles. The molecule has 0 saturated heterocycles. The summed E-state index contributed by atoms with van der Waals surface area (Å²) in [4.78, 5) is 12.4. The molecule has 7 nitrogen and oxygen atoms in total. The number of nitrogens with two attached hydrogens (primary N) is 1. The van der Waals surface area contributed by atoms with Gasteiger partial charge in [0.15, 0.2) is 0 Å². The number of carbonyl (C=O) groups is 1. The first-order valence-corrected chi connectivity index (χ1v) is 9.86. The zero-order chi connectivity index (χ0) is 17.9. The van der Waals surface area contributed by atoms with Crippen LogP contribution >= 0.6 is 11.6 Å². The number of nitrogens with one attached hydrogen (secondary N) is 2. The van der Waals surface area contributed by atoms with Crippen molar-refractivity contribution in [2.24, 2.45) is 5.92 Å². The number of hydrogen-bond acceptors (Lipinski definition) is 5. The van der Waals surface area contributed by atoms with Crippen molar-refractivity contribution in [1.29, 1.82) is 0 Å². The molecule has 1 aliphatic rings. The number of anilines is 1. The van der Waals surface area contributed by atoms with E-state index in [9.17, 15) is 13.2 Å². The molecule has 9 heteroatoms. The lowest BCUT2D eigenvalue weighted by Gasteiger charge is -2.20. The second-order valence-electron chi connectivity index (χ2n) is 5.97. The molecule has 1 amide bonds. The van der Waals surface area contributed by atoms with Crippen molar-refractivity contribution in [3.8, 4) is 5.75 Å². The molecular weight excluding hydrogens is 354 g/mol. The molecule has 134 valence electrons. The SMILES string of the molecule is COc1cc(N)c(Cl)cc1C(=O)NCC1CCCC1NS(C)(=O)=O. The largest absolute Gasteiger partial charge is 0.496 e. The van der Waals surface area contributed by atoms with E-state index < -0.39 is 10.0 Å². The second kappa shape index (κ2) is 7.58. The molecule has 2 unspecified atom stereocenters. The predicted molar refractivity (Wildman–Crippen MR) is 93.9 cm³/mol. The van der Waals surface area contributed by atoms with E-state index in [2.05, 4.69) is 10.0 Å². The highest BCUT2D eigenvalue weighted by atomic mass is 35.5. The summed E-state index contributed by atoms with van der Waals surface area (Å²) in [5.41, 5.74) is 6.33. The number of hydrogen-bond donors (Lipinski definition) is 3. The lowest BCUT2D eigenvalue weighted by Crippen LogP contribution is -2.41. The number of ether oxygens (including phenoxy) is 1. The maximum atomic E-state index is 12.4. The van der Waals surface area contributed by atoms with Crippen molar-refractivity contribution in [3.05, 3.63) is 22.7 Å². The van der Waals surface area contributed by atoms with Gasteiger partial charge in [-0.05, 0) is 24.8 Å². The van der Waals surface area contributed by atoms with E-state index in [0.717, 1.165) is 25.5 Å². The Balaban J connectivity index is 2.04. The normalized spacial score (nSPS) is 20.8. The van der Waals surface area contributed by atoms with Gasteiger partial charge in [-0.15, -0.1) is 0 Å². The number of benzene rings is 1. The fourth-order valence-electron chi connectivity index (χ4n) is 2.95. The van der Waals surface area contributed by atoms with E-state index in [0.29, 0.717) is 23.5 Å². The molecule has 2 atom stereocenters. The molecular formula is C15H22ClN3O4S. The molecule has 0 spiro atoms. The molecule has 1 aliphatic carbocycles. The third-order valence-corrected chi connectivity index (χ3v) is 5.17. The van der Waals surface area contributed by atoms with Crippen LogP contribution in [0.5, 0.6) is 5.75 Å². The van der Waals surface area contributed by atoms with Gasteiger partial charge in [0.05, 0.1) is 29.6 Å². The Morgan fingerprint density at radius 3 is 2.75 bits per heavy atom. The standard InChI is InChI=1S/C15H22ClN3O4S/c1-23-14-7-12(17)11(16)6-10(14)15(20)18-8-9-4-3-5-13(9)19-24(2,21)22/h6-7,9,13,19H,3-5,8,17H2,1-2H3,(H,18,20).